The van der Waals surface area contributed by atoms with Gasteiger partial charge in [-0.2, -0.15) is 0 Å². The second-order valence-electron chi connectivity index (χ2n) is 13.3. The largest absolute Gasteiger partial charge is 1.00 e. The van der Waals surface area contributed by atoms with E-state index in [-0.39, 0.29) is 17.0 Å². The number of quaternary nitrogens is 1. The number of hydrogen-bond donors (Lipinski definition) is 0. The standard InChI is InChI=1S/C38H76N.BrH/c1-5-7-9-11-13-15-17-19-21-23-25-27-29-31-33-35-37-39(3,4)38-36-34-32-30-28-26-24-22-20-18-16-14-12-10-8-6-2;/h19-22H,5-18,23-38H2,1-4H3;1H/q+1;/p-1/b21-19-,22-20-;. The highest BCUT2D eigenvalue weighted by Gasteiger charge is 2.13. The number of halogens is 1. The molecule has 0 rings (SSSR count). The van der Waals surface area contributed by atoms with Crippen molar-refractivity contribution in [3.05, 3.63) is 24.3 Å². The molecular formula is C38H76BrN. The molecule has 0 saturated heterocycles. The molecule has 0 bridgehead atoms. The lowest BCUT2D eigenvalue weighted by molar-refractivity contribution is -0.890. The summed E-state index contributed by atoms with van der Waals surface area (Å²) >= 11 is 0. The molecule has 0 amide bonds. The number of rotatable bonds is 32. The molecule has 0 unspecified atom stereocenters. The van der Waals surface area contributed by atoms with Gasteiger partial charge in [0.15, 0.2) is 0 Å². The van der Waals surface area contributed by atoms with E-state index >= 15 is 0 Å². The van der Waals surface area contributed by atoms with E-state index in [1.807, 2.05) is 0 Å². The Labute approximate surface area is 265 Å². The summed E-state index contributed by atoms with van der Waals surface area (Å²) in [6.07, 6.45) is 49.0. The fraction of sp³-hybridized carbons (Fsp3) is 0.895. The summed E-state index contributed by atoms with van der Waals surface area (Å²) in [5, 5.41) is 0. The molecule has 240 valence electrons. The van der Waals surface area contributed by atoms with Crippen molar-refractivity contribution in [1.82, 2.24) is 0 Å². The minimum Gasteiger partial charge on any atom is -1.00 e. The second kappa shape index (κ2) is 35.1. The van der Waals surface area contributed by atoms with E-state index in [0.29, 0.717) is 0 Å². The predicted octanol–water partition coefficient (Wildman–Crippen LogP) is 10.1. The van der Waals surface area contributed by atoms with Gasteiger partial charge in [-0.3, -0.25) is 0 Å². The van der Waals surface area contributed by atoms with Crippen LogP contribution < -0.4 is 17.0 Å². The maximum Gasteiger partial charge on any atom is 0.0782 e. The number of unbranched alkanes of at least 4 members (excludes halogenated alkanes) is 24. The first-order valence-electron chi connectivity index (χ1n) is 18.2. The van der Waals surface area contributed by atoms with E-state index in [9.17, 15) is 0 Å². The lowest BCUT2D eigenvalue weighted by Gasteiger charge is -2.30. The molecule has 0 spiro atoms. The fourth-order valence-corrected chi connectivity index (χ4v) is 5.69. The van der Waals surface area contributed by atoms with E-state index in [1.54, 1.807) is 0 Å². The summed E-state index contributed by atoms with van der Waals surface area (Å²) in [4.78, 5) is 0. The van der Waals surface area contributed by atoms with Crippen LogP contribution in [0.1, 0.15) is 194 Å². The first-order chi connectivity index (χ1) is 19.1. The van der Waals surface area contributed by atoms with Gasteiger partial charge in [-0.05, 0) is 77.0 Å². The van der Waals surface area contributed by atoms with Crippen LogP contribution in [0.3, 0.4) is 0 Å². The zero-order chi connectivity index (χ0) is 28.5. The molecule has 0 heterocycles. The molecule has 0 radical (unpaired) electrons. The molecule has 0 aromatic carbocycles. The summed E-state index contributed by atoms with van der Waals surface area (Å²) < 4.78 is 1.23. The van der Waals surface area contributed by atoms with Crippen molar-refractivity contribution in [3.63, 3.8) is 0 Å². The summed E-state index contributed by atoms with van der Waals surface area (Å²) in [7, 11) is 4.91. The van der Waals surface area contributed by atoms with E-state index in [1.165, 1.54) is 197 Å². The van der Waals surface area contributed by atoms with Crippen LogP contribution in [0.15, 0.2) is 24.3 Å². The topological polar surface area (TPSA) is 0 Å². The molecule has 0 saturated carbocycles. The van der Waals surface area contributed by atoms with Crippen LogP contribution in [0.2, 0.25) is 0 Å². The third-order valence-corrected chi connectivity index (χ3v) is 8.55. The first-order valence-corrected chi connectivity index (χ1v) is 18.2. The van der Waals surface area contributed by atoms with Crippen LogP contribution in [-0.4, -0.2) is 31.7 Å². The average molecular weight is 627 g/mol. The predicted molar refractivity (Wildman–Crippen MR) is 181 cm³/mol. The van der Waals surface area contributed by atoms with Gasteiger partial charge >= 0.3 is 0 Å². The van der Waals surface area contributed by atoms with Crippen LogP contribution in [0.25, 0.3) is 0 Å². The van der Waals surface area contributed by atoms with Crippen molar-refractivity contribution in [1.29, 1.82) is 0 Å². The van der Waals surface area contributed by atoms with Gasteiger partial charge in [0, 0.05) is 0 Å². The minimum atomic E-state index is 0. The van der Waals surface area contributed by atoms with Crippen LogP contribution in [0.4, 0.5) is 0 Å². The van der Waals surface area contributed by atoms with Crippen molar-refractivity contribution < 1.29 is 21.5 Å². The molecule has 0 aliphatic heterocycles. The maximum atomic E-state index is 2.45. The Balaban J connectivity index is 0. The van der Waals surface area contributed by atoms with Crippen molar-refractivity contribution in [3.8, 4) is 0 Å². The Hall–Kier alpha value is -0.0800. The maximum absolute atomic E-state index is 2.45. The van der Waals surface area contributed by atoms with E-state index in [4.69, 9.17) is 0 Å². The molecule has 0 fully saturated rings. The zero-order valence-electron chi connectivity index (χ0n) is 28.3. The summed E-state index contributed by atoms with van der Waals surface area (Å²) in [6.45, 7) is 7.33. The Morgan fingerprint density at radius 1 is 0.325 bits per heavy atom. The molecule has 0 aromatic heterocycles. The third-order valence-electron chi connectivity index (χ3n) is 8.55. The SMILES string of the molecule is CCCCCCCC/C=C\CCCCCCCC[N+](C)(C)CCCCCCCC/C=C\CCCCCCCC.[Br-]. The molecule has 0 aliphatic carbocycles. The molecular weight excluding hydrogens is 550 g/mol. The highest BCUT2D eigenvalue weighted by Crippen LogP contribution is 2.14. The molecule has 0 atom stereocenters. The number of nitrogens with zero attached hydrogens (tertiary/aromatic N) is 1. The third kappa shape index (κ3) is 35.9. The van der Waals surface area contributed by atoms with Gasteiger partial charge in [0.05, 0.1) is 27.2 Å². The number of hydrogen-bond acceptors (Lipinski definition) is 0. The van der Waals surface area contributed by atoms with Crippen LogP contribution in [0.5, 0.6) is 0 Å². The van der Waals surface area contributed by atoms with Crippen LogP contribution in [-0.2, 0) is 0 Å². The summed E-state index contributed by atoms with van der Waals surface area (Å²) in [5.74, 6) is 0. The van der Waals surface area contributed by atoms with Gasteiger partial charge in [-0.1, -0.05) is 141 Å². The van der Waals surface area contributed by atoms with Gasteiger partial charge in [-0.15, -0.1) is 0 Å². The fourth-order valence-electron chi connectivity index (χ4n) is 5.69. The van der Waals surface area contributed by atoms with Gasteiger partial charge in [0.2, 0.25) is 0 Å². The highest BCUT2D eigenvalue weighted by atomic mass is 79.9. The normalized spacial score (nSPS) is 12.1. The van der Waals surface area contributed by atoms with E-state index in [0.717, 1.165) is 0 Å². The summed E-state index contributed by atoms with van der Waals surface area (Å²) in [6, 6.07) is 0. The average Bonchev–Trinajstić information content (AvgIpc) is 2.92. The monoisotopic (exact) mass is 626 g/mol. The van der Waals surface area contributed by atoms with Crippen molar-refractivity contribution in [2.75, 3.05) is 27.2 Å². The first kappa shape index (κ1) is 42.1. The van der Waals surface area contributed by atoms with Crippen LogP contribution in [0, 0.1) is 0 Å². The minimum absolute atomic E-state index is 0. The van der Waals surface area contributed by atoms with Gasteiger partial charge in [-0.25, -0.2) is 0 Å². The summed E-state index contributed by atoms with van der Waals surface area (Å²) in [5.41, 5.74) is 0. The van der Waals surface area contributed by atoms with Crippen molar-refractivity contribution >= 4 is 0 Å². The Morgan fingerprint density at radius 3 is 0.825 bits per heavy atom. The number of allylic oxidation sites excluding steroid dienone is 4. The lowest BCUT2D eigenvalue weighted by Crippen LogP contribution is -3.00. The quantitative estimate of drug-likeness (QED) is 0.0396. The van der Waals surface area contributed by atoms with Crippen molar-refractivity contribution in [2.24, 2.45) is 0 Å². The lowest BCUT2D eigenvalue weighted by atomic mass is 10.1. The van der Waals surface area contributed by atoms with Gasteiger partial charge in [0.25, 0.3) is 0 Å². The molecule has 0 aromatic rings. The zero-order valence-corrected chi connectivity index (χ0v) is 29.9. The molecule has 0 aliphatic rings. The Kier molecular flexibility index (Phi) is 36.9. The molecule has 0 N–H and O–H groups in total. The van der Waals surface area contributed by atoms with E-state index in [2.05, 4.69) is 52.2 Å². The Morgan fingerprint density at radius 2 is 0.550 bits per heavy atom. The molecule has 1 nitrogen and oxygen atoms in total. The Bertz CT molecular complexity index is 466. The van der Waals surface area contributed by atoms with Gasteiger partial charge in [0.1, 0.15) is 0 Å². The highest BCUT2D eigenvalue weighted by molar-refractivity contribution is 4.82. The molecule has 40 heavy (non-hydrogen) atoms. The smallest absolute Gasteiger partial charge is 0.0782 e. The van der Waals surface area contributed by atoms with Crippen molar-refractivity contribution in [2.45, 2.75) is 194 Å². The van der Waals surface area contributed by atoms with E-state index < -0.39 is 0 Å². The second-order valence-corrected chi connectivity index (χ2v) is 13.3. The van der Waals surface area contributed by atoms with Gasteiger partial charge < -0.3 is 21.5 Å². The molecule has 2 heteroatoms. The van der Waals surface area contributed by atoms with Crippen LogP contribution >= 0.6 is 0 Å².